The average Bonchev–Trinajstić information content (AvgIpc) is 2.58. The molecule has 0 unspecified atom stereocenters. The molecule has 0 aromatic carbocycles. The van der Waals surface area contributed by atoms with Crippen LogP contribution in [0.1, 0.15) is 12.1 Å². The van der Waals surface area contributed by atoms with Gasteiger partial charge in [0.15, 0.2) is 0 Å². The molecular formula is C11H13N3O. The smallest absolute Gasteiger partial charge is 0.229 e. The van der Waals surface area contributed by atoms with Crippen molar-refractivity contribution in [3.8, 4) is 0 Å². The summed E-state index contributed by atoms with van der Waals surface area (Å²) in [6.07, 6.45) is 2.06. The van der Waals surface area contributed by atoms with Crippen LogP contribution in [0.25, 0.3) is 6.08 Å². The maximum atomic E-state index is 11.6. The van der Waals surface area contributed by atoms with E-state index in [0.717, 1.165) is 5.69 Å². The highest BCUT2D eigenvalue weighted by molar-refractivity contribution is 5.95. The number of hydrogen-bond acceptors (Lipinski definition) is 3. The predicted molar refractivity (Wildman–Crippen MR) is 59.3 cm³/mol. The summed E-state index contributed by atoms with van der Waals surface area (Å²) >= 11 is 0. The highest BCUT2D eigenvalue weighted by atomic mass is 16.2. The SMILES string of the molecule is C=Cc1cccc(N2C[C@H](N)CC2=O)n1. The van der Waals surface area contributed by atoms with Gasteiger partial charge < -0.3 is 5.73 Å². The lowest BCUT2D eigenvalue weighted by atomic mass is 10.3. The zero-order valence-electron chi connectivity index (χ0n) is 8.39. The van der Waals surface area contributed by atoms with Gasteiger partial charge in [0.1, 0.15) is 5.82 Å². The molecule has 0 aliphatic carbocycles. The van der Waals surface area contributed by atoms with Crippen LogP contribution in [0.15, 0.2) is 24.8 Å². The Hall–Kier alpha value is -1.68. The number of nitrogens with two attached hydrogens (primary N) is 1. The van der Waals surface area contributed by atoms with E-state index in [1.54, 1.807) is 11.0 Å². The van der Waals surface area contributed by atoms with Crippen molar-refractivity contribution < 1.29 is 4.79 Å². The Morgan fingerprint density at radius 1 is 1.60 bits per heavy atom. The first-order valence-corrected chi connectivity index (χ1v) is 4.86. The van der Waals surface area contributed by atoms with E-state index in [9.17, 15) is 4.79 Å². The monoisotopic (exact) mass is 203 g/mol. The first-order valence-electron chi connectivity index (χ1n) is 4.86. The first kappa shape index (κ1) is 9.86. The molecule has 1 aromatic rings. The minimum atomic E-state index is -0.0771. The minimum Gasteiger partial charge on any atom is -0.326 e. The van der Waals surface area contributed by atoms with Gasteiger partial charge in [-0.1, -0.05) is 12.6 Å². The molecule has 1 fully saturated rings. The van der Waals surface area contributed by atoms with Gasteiger partial charge in [0, 0.05) is 19.0 Å². The zero-order valence-corrected chi connectivity index (χ0v) is 8.39. The van der Waals surface area contributed by atoms with E-state index >= 15 is 0 Å². The van der Waals surface area contributed by atoms with Gasteiger partial charge in [0.05, 0.1) is 5.69 Å². The second kappa shape index (κ2) is 3.82. The summed E-state index contributed by atoms with van der Waals surface area (Å²) in [6, 6.07) is 5.43. The molecule has 0 saturated carbocycles. The molecule has 1 saturated heterocycles. The van der Waals surface area contributed by atoms with E-state index in [1.165, 1.54) is 0 Å². The number of rotatable bonds is 2. The number of carbonyl (C=O) groups is 1. The molecule has 1 aromatic heterocycles. The molecule has 1 atom stereocenters. The molecule has 2 rings (SSSR count). The van der Waals surface area contributed by atoms with Gasteiger partial charge in [-0.15, -0.1) is 0 Å². The summed E-state index contributed by atoms with van der Waals surface area (Å²) in [7, 11) is 0. The van der Waals surface area contributed by atoms with Gasteiger partial charge >= 0.3 is 0 Å². The summed E-state index contributed by atoms with van der Waals surface area (Å²) in [6.45, 7) is 4.19. The first-order chi connectivity index (χ1) is 7.20. The average molecular weight is 203 g/mol. The van der Waals surface area contributed by atoms with Crippen LogP contribution in [-0.2, 0) is 4.79 Å². The molecular weight excluding hydrogens is 190 g/mol. The summed E-state index contributed by atoms with van der Waals surface area (Å²) < 4.78 is 0. The number of pyridine rings is 1. The zero-order chi connectivity index (χ0) is 10.8. The van der Waals surface area contributed by atoms with Crippen LogP contribution in [0.3, 0.4) is 0 Å². The summed E-state index contributed by atoms with van der Waals surface area (Å²) in [5.41, 5.74) is 6.48. The molecule has 0 radical (unpaired) electrons. The topological polar surface area (TPSA) is 59.2 Å². The Labute approximate surface area is 88.4 Å². The molecule has 1 amide bonds. The molecule has 2 N–H and O–H groups in total. The van der Waals surface area contributed by atoms with E-state index in [2.05, 4.69) is 11.6 Å². The Kier molecular flexibility index (Phi) is 2.51. The molecule has 1 aliphatic heterocycles. The molecule has 4 nitrogen and oxygen atoms in total. The fourth-order valence-electron chi connectivity index (χ4n) is 1.66. The van der Waals surface area contributed by atoms with E-state index in [4.69, 9.17) is 5.73 Å². The lowest BCUT2D eigenvalue weighted by Gasteiger charge is -2.14. The van der Waals surface area contributed by atoms with E-state index < -0.39 is 0 Å². The van der Waals surface area contributed by atoms with Crippen molar-refractivity contribution in [2.24, 2.45) is 5.73 Å². The van der Waals surface area contributed by atoms with Crippen molar-refractivity contribution >= 4 is 17.8 Å². The molecule has 4 heteroatoms. The standard InChI is InChI=1S/C11H13N3O/c1-2-9-4-3-5-10(13-9)14-7-8(12)6-11(14)15/h2-5,8H,1,6-7,12H2/t8-/m1/s1. The third kappa shape index (κ3) is 1.89. The van der Waals surface area contributed by atoms with Gasteiger partial charge in [0.25, 0.3) is 0 Å². The maximum Gasteiger partial charge on any atom is 0.229 e. The predicted octanol–water partition coefficient (Wildman–Crippen LogP) is 0.789. The highest BCUT2D eigenvalue weighted by Crippen LogP contribution is 2.18. The number of amides is 1. The summed E-state index contributed by atoms with van der Waals surface area (Å²) in [5, 5.41) is 0. The minimum absolute atomic E-state index is 0.0382. The molecule has 2 heterocycles. The van der Waals surface area contributed by atoms with Crippen LogP contribution in [0.5, 0.6) is 0 Å². The van der Waals surface area contributed by atoms with Crippen molar-refractivity contribution in [2.75, 3.05) is 11.4 Å². The van der Waals surface area contributed by atoms with E-state index in [1.807, 2.05) is 18.2 Å². The molecule has 0 bridgehead atoms. The van der Waals surface area contributed by atoms with Crippen molar-refractivity contribution in [2.45, 2.75) is 12.5 Å². The fraction of sp³-hybridized carbons (Fsp3) is 0.273. The van der Waals surface area contributed by atoms with Crippen molar-refractivity contribution in [3.63, 3.8) is 0 Å². The van der Waals surface area contributed by atoms with Gasteiger partial charge in [-0.25, -0.2) is 4.98 Å². The van der Waals surface area contributed by atoms with Gasteiger partial charge in [-0.05, 0) is 18.2 Å². The highest BCUT2D eigenvalue weighted by Gasteiger charge is 2.28. The molecule has 78 valence electrons. The fourth-order valence-corrected chi connectivity index (χ4v) is 1.66. The third-order valence-corrected chi connectivity index (χ3v) is 2.40. The number of nitrogens with zero attached hydrogens (tertiary/aromatic N) is 2. The van der Waals surface area contributed by atoms with Gasteiger partial charge in [-0.2, -0.15) is 0 Å². The molecule has 0 spiro atoms. The number of hydrogen-bond donors (Lipinski definition) is 1. The van der Waals surface area contributed by atoms with Crippen LogP contribution in [0.2, 0.25) is 0 Å². The molecule has 15 heavy (non-hydrogen) atoms. The Balaban J connectivity index is 2.29. The summed E-state index contributed by atoms with van der Waals surface area (Å²) in [4.78, 5) is 17.5. The normalized spacial score (nSPS) is 20.7. The second-order valence-electron chi connectivity index (χ2n) is 3.59. The number of aromatic nitrogens is 1. The quantitative estimate of drug-likeness (QED) is 0.773. The number of carbonyl (C=O) groups excluding carboxylic acids is 1. The largest absolute Gasteiger partial charge is 0.326 e. The maximum absolute atomic E-state index is 11.6. The Bertz CT molecular complexity index is 403. The van der Waals surface area contributed by atoms with E-state index in [0.29, 0.717) is 18.8 Å². The van der Waals surface area contributed by atoms with Crippen molar-refractivity contribution in [1.82, 2.24) is 4.98 Å². The van der Waals surface area contributed by atoms with Crippen LogP contribution in [0, 0.1) is 0 Å². The summed E-state index contributed by atoms with van der Waals surface area (Å²) in [5.74, 6) is 0.696. The van der Waals surface area contributed by atoms with Crippen LogP contribution in [0.4, 0.5) is 5.82 Å². The third-order valence-electron chi connectivity index (χ3n) is 2.40. The van der Waals surface area contributed by atoms with Crippen LogP contribution in [-0.4, -0.2) is 23.5 Å². The van der Waals surface area contributed by atoms with Crippen LogP contribution >= 0.6 is 0 Å². The second-order valence-corrected chi connectivity index (χ2v) is 3.59. The van der Waals surface area contributed by atoms with Crippen molar-refractivity contribution in [3.05, 3.63) is 30.5 Å². The Morgan fingerprint density at radius 3 is 3.00 bits per heavy atom. The van der Waals surface area contributed by atoms with Gasteiger partial charge in [-0.3, -0.25) is 9.69 Å². The van der Waals surface area contributed by atoms with Gasteiger partial charge in [0.2, 0.25) is 5.91 Å². The Morgan fingerprint density at radius 2 is 2.40 bits per heavy atom. The lowest BCUT2D eigenvalue weighted by molar-refractivity contribution is -0.117. The number of anilines is 1. The molecule has 1 aliphatic rings. The van der Waals surface area contributed by atoms with E-state index in [-0.39, 0.29) is 11.9 Å². The van der Waals surface area contributed by atoms with Crippen LogP contribution < -0.4 is 10.6 Å². The van der Waals surface area contributed by atoms with Crippen molar-refractivity contribution in [1.29, 1.82) is 0 Å². The lowest BCUT2D eigenvalue weighted by Crippen LogP contribution is -2.28.